The van der Waals surface area contributed by atoms with E-state index in [-0.39, 0.29) is 6.10 Å². The van der Waals surface area contributed by atoms with E-state index in [4.69, 9.17) is 4.74 Å². The minimum absolute atomic E-state index is 0.352. The van der Waals surface area contributed by atoms with Crippen LogP contribution in [-0.2, 0) is 16.4 Å². The number of nitrogens with one attached hydrogen (secondary N) is 1. The molecule has 0 radical (unpaired) electrons. The minimum Gasteiger partial charge on any atom is -0.488 e. The van der Waals surface area contributed by atoms with Crippen molar-refractivity contribution in [2.24, 2.45) is 0 Å². The molecule has 2 N–H and O–H groups in total. The van der Waals surface area contributed by atoms with E-state index >= 15 is 0 Å². The van der Waals surface area contributed by atoms with Gasteiger partial charge in [-0.05, 0) is 66.8 Å². The van der Waals surface area contributed by atoms with Gasteiger partial charge in [-0.2, -0.15) is 0 Å². The molecule has 2 atom stereocenters. The van der Waals surface area contributed by atoms with Crippen molar-refractivity contribution >= 4 is 15.7 Å². The molecule has 0 fully saturated rings. The van der Waals surface area contributed by atoms with E-state index in [1.54, 1.807) is 30.6 Å². The van der Waals surface area contributed by atoms with Crippen LogP contribution in [-0.4, -0.2) is 37.0 Å². The van der Waals surface area contributed by atoms with E-state index in [9.17, 15) is 13.5 Å². The Morgan fingerprint density at radius 1 is 1.07 bits per heavy atom. The van der Waals surface area contributed by atoms with Gasteiger partial charge in [0.05, 0.1) is 12.4 Å². The highest BCUT2D eigenvalue weighted by molar-refractivity contribution is 7.92. The molecule has 0 amide bonds. The van der Waals surface area contributed by atoms with Crippen LogP contribution in [0.1, 0.15) is 18.9 Å². The Morgan fingerprint density at radius 2 is 1.83 bits per heavy atom. The number of aliphatic hydroxyl groups excluding tert-OH is 1. The monoisotopic (exact) mass is 426 g/mol. The molecular formula is C23H26N2O4S. The number of aryl methyl sites for hydroxylation is 1. The maximum Gasteiger partial charge on any atom is 0.229 e. The first-order chi connectivity index (χ1) is 14.3. The van der Waals surface area contributed by atoms with Gasteiger partial charge < -0.3 is 9.84 Å². The second kappa shape index (κ2) is 9.73. The number of benzene rings is 2. The highest BCUT2D eigenvalue weighted by Crippen LogP contribution is 2.26. The zero-order chi connectivity index (χ0) is 21.6. The Bertz CT molecular complexity index is 1050. The van der Waals surface area contributed by atoms with Crippen molar-refractivity contribution in [2.75, 3.05) is 11.0 Å². The second-order valence-electron chi connectivity index (χ2n) is 7.27. The molecule has 0 saturated heterocycles. The Hall–Kier alpha value is -2.90. The molecule has 0 bridgehead atoms. The van der Waals surface area contributed by atoms with Crippen molar-refractivity contribution in [2.45, 2.75) is 32.0 Å². The standard InChI is InChI=1S/C23H26N2O4S/c1-17(23(26)13-8-18-5-4-14-24-16-18)29-22-11-9-19(10-12-22)20-6-3-7-21(15-20)25-30(2,27)28/h3-7,9-12,14-17,23,25-26H,8,13H2,1-2H3. The van der Waals surface area contributed by atoms with Crippen LogP contribution in [0, 0.1) is 0 Å². The summed E-state index contributed by atoms with van der Waals surface area (Å²) >= 11 is 0. The van der Waals surface area contributed by atoms with E-state index < -0.39 is 16.1 Å². The van der Waals surface area contributed by atoms with Gasteiger partial charge >= 0.3 is 0 Å². The quantitative estimate of drug-likeness (QED) is 0.542. The summed E-state index contributed by atoms with van der Waals surface area (Å²) < 4.78 is 31.2. The van der Waals surface area contributed by atoms with Crippen LogP contribution >= 0.6 is 0 Å². The van der Waals surface area contributed by atoms with Crippen molar-refractivity contribution in [1.29, 1.82) is 0 Å². The number of aliphatic hydroxyl groups is 1. The maximum atomic E-state index is 11.4. The maximum absolute atomic E-state index is 11.4. The molecule has 1 aromatic heterocycles. The summed E-state index contributed by atoms with van der Waals surface area (Å²) in [6.45, 7) is 1.85. The zero-order valence-corrected chi connectivity index (χ0v) is 17.8. The number of aromatic nitrogens is 1. The average molecular weight is 427 g/mol. The lowest BCUT2D eigenvalue weighted by Crippen LogP contribution is -2.29. The predicted molar refractivity (Wildman–Crippen MR) is 119 cm³/mol. The number of hydrogen-bond acceptors (Lipinski definition) is 5. The van der Waals surface area contributed by atoms with E-state index in [1.807, 2.05) is 49.4 Å². The number of anilines is 1. The van der Waals surface area contributed by atoms with Gasteiger partial charge in [0, 0.05) is 18.1 Å². The number of nitrogens with zero attached hydrogens (tertiary/aromatic N) is 1. The summed E-state index contributed by atoms with van der Waals surface area (Å²) in [7, 11) is -3.32. The topological polar surface area (TPSA) is 88.5 Å². The molecule has 3 aromatic rings. The lowest BCUT2D eigenvalue weighted by Gasteiger charge is -2.20. The third-order valence-electron chi connectivity index (χ3n) is 4.67. The third-order valence-corrected chi connectivity index (χ3v) is 5.28. The normalized spacial score (nSPS) is 13.4. The van der Waals surface area contributed by atoms with Crippen LogP contribution in [0.25, 0.3) is 11.1 Å². The van der Waals surface area contributed by atoms with E-state index in [0.29, 0.717) is 17.9 Å². The SMILES string of the molecule is CC(Oc1ccc(-c2cccc(NS(C)(=O)=O)c2)cc1)C(O)CCc1cccnc1. The molecule has 0 aliphatic rings. The van der Waals surface area contributed by atoms with Crippen LogP contribution in [0.5, 0.6) is 5.75 Å². The molecule has 0 saturated carbocycles. The molecule has 2 aromatic carbocycles. The fourth-order valence-corrected chi connectivity index (χ4v) is 3.65. The molecule has 1 heterocycles. The van der Waals surface area contributed by atoms with Gasteiger partial charge in [0.25, 0.3) is 0 Å². The molecule has 2 unspecified atom stereocenters. The highest BCUT2D eigenvalue weighted by Gasteiger charge is 2.16. The van der Waals surface area contributed by atoms with Crippen LogP contribution in [0.3, 0.4) is 0 Å². The fourth-order valence-electron chi connectivity index (χ4n) is 3.09. The van der Waals surface area contributed by atoms with Gasteiger partial charge in [-0.1, -0.05) is 30.3 Å². The number of hydrogen-bond donors (Lipinski definition) is 2. The Kier molecular flexibility index (Phi) is 7.07. The van der Waals surface area contributed by atoms with E-state index in [2.05, 4.69) is 9.71 Å². The molecule has 3 rings (SSSR count). The van der Waals surface area contributed by atoms with Gasteiger partial charge in [-0.3, -0.25) is 9.71 Å². The molecule has 0 aliphatic carbocycles. The number of sulfonamides is 1. The first-order valence-electron chi connectivity index (χ1n) is 9.72. The Labute approximate surface area is 177 Å². The lowest BCUT2D eigenvalue weighted by atomic mass is 10.0. The van der Waals surface area contributed by atoms with Gasteiger partial charge in [-0.25, -0.2) is 8.42 Å². The fraction of sp³-hybridized carbons (Fsp3) is 0.261. The Morgan fingerprint density at radius 3 is 2.50 bits per heavy atom. The first-order valence-corrected chi connectivity index (χ1v) is 11.6. The molecule has 0 aliphatic heterocycles. The second-order valence-corrected chi connectivity index (χ2v) is 9.02. The predicted octanol–water partition coefficient (Wildman–Crippen LogP) is 3.88. The Balaban J connectivity index is 1.59. The molecular weight excluding hydrogens is 400 g/mol. The van der Waals surface area contributed by atoms with Gasteiger partial charge in [0.15, 0.2) is 0 Å². The average Bonchev–Trinajstić information content (AvgIpc) is 2.72. The van der Waals surface area contributed by atoms with E-state index in [0.717, 1.165) is 29.4 Å². The van der Waals surface area contributed by atoms with Crippen LogP contribution < -0.4 is 9.46 Å². The number of rotatable bonds is 9. The van der Waals surface area contributed by atoms with Crippen molar-refractivity contribution in [3.8, 4) is 16.9 Å². The van der Waals surface area contributed by atoms with Gasteiger partial charge in [0.1, 0.15) is 11.9 Å². The summed E-state index contributed by atoms with van der Waals surface area (Å²) in [4.78, 5) is 4.08. The van der Waals surface area contributed by atoms with Crippen LogP contribution in [0.2, 0.25) is 0 Å². The minimum atomic E-state index is -3.32. The summed E-state index contributed by atoms with van der Waals surface area (Å²) in [5.74, 6) is 0.664. The third kappa shape index (κ3) is 6.57. The summed E-state index contributed by atoms with van der Waals surface area (Å²) in [5, 5.41) is 10.4. The zero-order valence-electron chi connectivity index (χ0n) is 17.0. The largest absolute Gasteiger partial charge is 0.488 e. The van der Waals surface area contributed by atoms with E-state index in [1.165, 1.54) is 0 Å². The summed E-state index contributed by atoms with van der Waals surface area (Å²) in [5.41, 5.74) is 3.42. The highest BCUT2D eigenvalue weighted by atomic mass is 32.2. The summed E-state index contributed by atoms with van der Waals surface area (Å²) in [6, 6.07) is 18.6. The molecule has 30 heavy (non-hydrogen) atoms. The van der Waals surface area contributed by atoms with Crippen LogP contribution in [0.4, 0.5) is 5.69 Å². The molecule has 6 nitrogen and oxygen atoms in total. The summed E-state index contributed by atoms with van der Waals surface area (Å²) in [6.07, 6.45) is 5.03. The number of pyridine rings is 1. The van der Waals surface area contributed by atoms with Gasteiger partial charge in [-0.15, -0.1) is 0 Å². The lowest BCUT2D eigenvalue weighted by molar-refractivity contribution is 0.0420. The van der Waals surface area contributed by atoms with Crippen molar-refractivity contribution in [3.05, 3.63) is 78.6 Å². The van der Waals surface area contributed by atoms with Crippen molar-refractivity contribution in [3.63, 3.8) is 0 Å². The molecule has 0 spiro atoms. The first kappa shape index (κ1) is 21.8. The molecule has 158 valence electrons. The van der Waals surface area contributed by atoms with Gasteiger partial charge in [0.2, 0.25) is 10.0 Å². The van der Waals surface area contributed by atoms with Crippen LogP contribution in [0.15, 0.2) is 73.1 Å². The number of ether oxygens (including phenoxy) is 1. The van der Waals surface area contributed by atoms with Crippen molar-refractivity contribution in [1.82, 2.24) is 4.98 Å². The smallest absolute Gasteiger partial charge is 0.229 e. The van der Waals surface area contributed by atoms with Crippen molar-refractivity contribution < 1.29 is 18.3 Å². The molecule has 7 heteroatoms.